The summed E-state index contributed by atoms with van der Waals surface area (Å²) in [5.41, 5.74) is 0.425. The topological polar surface area (TPSA) is 48.4 Å². The lowest BCUT2D eigenvalue weighted by Gasteiger charge is -2.27. The highest BCUT2D eigenvalue weighted by molar-refractivity contribution is 5.07. The summed E-state index contributed by atoms with van der Waals surface area (Å²) in [6.45, 7) is 3.79. The average molecular weight is 223 g/mol. The molecule has 90 valence electrons. The van der Waals surface area contributed by atoms with E-state index < -0.39 is 5.60 Å². The van der Waals surface area contributed by atoms with E-state index in [1.54, 1.807) is 6.20 Å². The summed E-state index contributed by atoms with van der Waals surface area (Å²) in [4.78, 5) is 6.02. The summed E-state index contributed by atoms with van der Waals surface area (Å²) in [6.07, 6.45) is 3.58. The lowest BCUT2D eigenvalue weighted by molar-refractivity contribution is 0.0336. The van der Waals surface area contributed by atoms with Crippen molar-refractivity contribution in [2.45, 2.75) is 19.1 Å². The van der Waals surface area contributed by atoms with Gasteiger partial charge in [0, 0.05) is 32.0 Å². The molecule has 1 aromatic heterocycles. The van der Waals surface area contributed by atoms with Gasteiger partial charge in [-0.05, 0) is 32.6 Å². The van der Waals surface area contributed by atoms with Gasteiger partial charge in [0.05, 0.1) is 5.60 Å². The molecule has 4 heteroatoms. The molecule has 0 aliphatic carbocycles. The summed E-state index contributed by atoms with van der Waals surface area (Å²) in [6, 6.07) is 3.93. The number of likely N-dealkylation sites (N-methyl/N-ethyl adjacent to an activating group) is 1. The number of aliphatic hydroxyl groups is 1. The van der Waals surface area contributed by atoms with Gasteiger partial charge in [0.2, 0.25) is 0 Å². The molecule has 1 heterocycles. The first-order valence-corrected chi connectivity index (χ1v) is 5.46. The molecule has 1 rings (SSSR count). The van der Waals surface area contributed by atoms with E-state index in [4.69, 9.17) is 0 Å². The molecule has 1 atom stereocenters. The van der Waals surface area contributed by atoms with Gasteiger partial charge < -0.3 is 15.3 Å². The molecular formula is C12H21N3O. The predicted molar refractivity (Wildman–Crippen MR) is 65.1 cm³/mol. The summed E-state index contributed by atoms with van der Waals surface area (Å²) in [5, 5.41) is 13.3. The Balaban J connectivity index is 2.30. The van der Waals surface area contributed by atoms with Crippen LogP contribution in [0.2, 0.25) is 0 Å². The van der Waals surface area contributed by atoms with Gasteiger partial charge in [0.1, 0.15) is 0 Å². The van der Waals surface area contributed by atoms with Crippen LogP contribution in [-0.2, 0) is 6.54 Å². The van der Waals surface area contributed by atoms with Gasteiger partial charge in [0.15, 0.2) is 0 Å². The number of pyridine rings is 1. The molecule has 0 fully saturated rings. The molecule has 0 aliphatic heterocycles. The van der Waals surface area contributed by atoms with Crippen molar-refractivity contribution in [1.82, 2.24) is 15.2 Å². The van der Waals surface area contributed by atoms with Crippen LogP contribution >= 0.6 is 0 Å². The van der Waals surface area contributed by atoms with Crippen molar-refractivity contribution >= 4 is 0 Å². The number of nitrogens with one attached hydrogen (secondary N) is 1. The van der Waals surface area contributed by atoms with E-state index in [1.807, 2.05) is 44.2 Å². The van der Waals surface area contributed by atoms with Gasteiger partial charge in [-0.1, -0.05) is 6.07 Å². The van der Waals surface area contributed by atoms with Crippen molar-refractivity contribution in [1.29, 1.82) is 0 Å². The maximum Gasteiger partial charge on any atom is 0.0869 e. The minimum atomic E-state index is -0.703. The molecule has 1 aromatic rings. The van der Waals surface area contributed by atoms with Crippen LogP contribution in [0.5, 0.6) is 0 Å². The second-order valence-corrected chi connectivity index (χ2v) is 4.70. The lowest BCUT2D eigenvalue weighted by atomic mass is 10.1. The smallest absolute Gasteiger partial charge is 0.0869 e. The fraction of sp³-hybridized carbons (Fsp3) is 0.583. The second kappa shape index (κ2) is 5.94. The predicted octanol–water partition coefficient (Wildman–Crippen LogP) is 0.484. The Morgan fingerprint density at radius 2 is 2.25 bits per heavy atom. The normalized spacial score (nSPS) is 15.1. The van der Waals surface area contributed by atoms with E-state index in [9.17, 15) is 5.11 Å². The van der Waals surface area contributed by atoms with Gasteiger partial charge in [0.25, 0.3) is 0 Å². The average Bonchev–Trinajstić information content (AvgIpc) is 2.16. The lowest BCUT2D eigenvalue weighted by Crippen LogP contribution is -2.45. The number of aromatic nitrogens is 1. The highest BCUT2D eigenvalue weighted by Gasteiger charge is 2.20. The molecule has 2 N–H and O–H groups in total. The molecule has 4 nitrogen and oxygen atoms in total. The minimum absolute atomic E-state index is 0.570. The molecule has 0 saturated carbocycles. The first-order chi connectivity index (χ1) is 7.49. The van der Waals surface area contributed by atoms with Gasteiger partial charge >= 0.3 is 0 Å². The van der Waals surface area contributed by atoms with Gasteiger partial charge in [-0.3, -0.25) is 4.98 Å². The van der Waals surface area contributed by atoms with Gasteiger partial charge in [-0.2, -0.15) is 0 Å². The molecule has 0 aliphatic rings. The Bertz CT molecular complexity index is 298. The quantitative estimate of drug-likeness (QED) is 0.736. The molecule has 16 heavy (non-hydrogen) atoms. The zero-order chi connectivity index (χ0) is 12.0. The standard InChI is InChI=1S/C12H21N3O/c1-12(16,10-15(2)3)9-14-8-11-5-4-6-13-7-11/h4-7,14,16H,8-10H2,1-3H3. The largest absolute Gasteiger partial charge is 0.388 e. The van der Waals surface area contributed by atoms with E-state index in [2.05, 4.69) is 10.3 Å². The first kappa shape index (κ1) is 13.1. The third-order valence-electron chi connectivity index (χ3n) is 2.21. The number of hydrogen-bond acceptors (Lipinski definition) is 4. The van der Waals surface area contributed by atoms with Gasteiger partial charge in [-0.15, -0.1) is 0 Å². The summed E-state index contributed by atoms with van der Waals surface area (Å²) < 4.78 is 0. The summed E-state index contributed by atoms with van der Waals surface area (Å²) in [7, 11) is 3.91. The zero-order valence-electron chi connectivity index (χ0n) is 10.3. The monoisotopic (exact) mass is 223 g/mol. The highest BCUT2D eigenvalue weighted by atomic mass is 16.3. The molecule has 0 spiro atoms. The molecular weight excluding hydrogens is 202 g/mol. The fourth-order valence-corrected chi connectivity index (χ4v) is 1.72. The van der Waals surface area contributed by atoms with Crippen molar-refractivity contribution in [2.24, 2.45) is 0 Å². The Morgan fingerprint density at radius 1 is 1.50 bits per heavy atom. The van der Waals surface area contributed by atoms with Crippen molar-refractivity contribution < 1.29 is 5.11 Å². The van der Waals surface area contributed by atoms with E-state index in [0.717, 1.165) is 12.1 Å². The molecule has 0 aromatic carbocycles. The Morgan fingerprint density at radius 3 is 2.81 bits per heavy atom. The minimum Gasteiger partial charge on any atom is -0.388 e. The third kappa shape index (κ3) is 5.21. The van der Waals surface area contributed by atoms with Crippen LogP contribution in [-0.4, -0.2) is 47.8 Å². The Labute approximate surface area is 97.3 Å². The number of hydrogen-bond donors (Lipinski definition) is 2. The van der Waals surface area contributed by atoms with E-state index in [-0.39, 0.29) is 0 Å². The van der Waals surface area contributed by atoms with Crippen LogP contribution in [0.4, 0.5) is 0 Å². The summed E-state index contributed by atoms with van der Waals surface area (Å²) in [5.74, 6) is 0. The van der Waals surface area contributed by atoms with Crippen molar-refractivity contribution in [3.05, 3.63) is 30.1 Å². The van der Waals surface area contributed by atoms with Crippen LogP contribution in [0.25, 0.3) is 0 Å². The van der Waals surface area contributed by atoms with Crippen LogP contribution < -0.4 is 5.32 Å². The Kier molecular flexibility index (Phi) is 4.86. The molecule has 1 unspecified atom stereocenters. The molecule has 0 radical (unpaired) electrons. The van der Waals surface area contributed by atoms with Crippen molar-refractivity contribution in [3.63, 3.8) is 0 Å². The highest BCUT2D eigenvalue weighted by Crippen LogP contribution is 2.03. The van der Waals surface area contributed by atoms with Crippen molar-refractivity contribution in [2.75, 3.05) is 27.2 Å². The third-order valence-corrected chi connectivity index (χ3v) is 2.21. The van der Waals surface area contributed by atoms with Crippen LogP contribution in [0.15, 0.2) is 24.5 Å². The first-order valence-electron chi connectivity index (χ1n) is 5.46. The summed E-state index contributed by atoms with van der Waals surface area (Å²) >= 11 is 0. The number of nitrogens with zero attached hydrogens (tertiary/aromatic N) is 2. The zero-order valence-corrected chi connectivity index (χ0v) is 10.3. The second-order valence-electron chi connectivity index (χ2n) is 4.70. The van der Waals surface area contributed by atoms with E-state index >= 15 is 0 Å². The van der Waals surface area contributed by atoms with E-state index in [1.165, 1.54) is 0 Å². The van der Waals surface area contributed by atoms with Gasteiger partial charge in [-0.25, -0.2) is 0 Å². The SMILES string of the molecule is CN(C)CC(C)(O)CNCc1cccnc1. The van der Waals surface area contributed by atoms with Crippen molar-refractivity contribution in [3.8, 4) is 0 Å². The maximum absolute atomic E-state index is 10.0. The fourth-order valence-electron chi connectivity index (χ4n) is 1.72. The maximum atomic E-state index is 10.0. The molecule has 0 amide bonds. The number of rotatable bonds is 6. The van der Waals surface area contributed by atoms with Crippen LogP contribution in [0.3, 0.4) is 0 Å². The van der Waals surface area contributed by atoms with E-state index in [0.29, 0.717) is 13.1 Å². The Hall–Kier alpha value is -0.970. The molecule has 0 bridgehead atoms. The van der Waals surface area contributed by atoms with Crippen LogP contribution in [0, 0.1) is 0 Å². The molecule has 0 saturated heterocycles. The van der Waals surface area contributed by atoms with Crippen LogP contribution in [0.1, 0.15) is 12.5 Å².